The average molecular weight is 219 g/mol. The van der Waals surface area contributed by atoms with Crippen LogP contribution in [0.3, 0.4) is 0 Å². The Morgan fingerprint density at radius 2 is 2.19 bits per heavy atom. The number of hydrogen-bond acceptors (Lipinski definition) is 2. The number of carboxylic acids is 1. The number of carbonyl (C=O) groups is 1. The number of anilines is 1. The van der Waals surface area contributed by atoms with Crippen LogP contribution in [0.4, 0.5) is 5.69 Å². The van der Waals surface area contributed by atoms with Gasteiger partial charge in [-0.1, -0.05) is 12.1 Å². The Hall–Kier alpha value is -1.51. The second kappa shape index (κ2) is 3.51. The molecule has 0 spiro atoms. The van der Waals surface area contributed by atoms with Gasteiger partial charge < -0.3 is 10.4 Å². The van der Waals surface area contributed by atoms with Crippen molar-refractivity contribution in [2.24, 2.45) is 0 Å². The molecule has 0 aliphatic carbocycles. The summed E-state index contributed by atoms with van der Waals surface area (Å²) in [5, 5.41) is 12.5. The van der Waals surface area contributed by atoms with E-state index in [0.29, 0.717) is 6.04 Å². The Balaban J connectivity index is 2.40. The summed E-state index contributed by atoms with van der Waals surface area (Å²) in [6.07, 6.45) is 0.971. The first-order chi connectivity index (χ1) is 7.41. The zero-order valence-corrected chi connectivity index (χ0v) is 9.87. The number of rotatable bonds is 2. The van der Waals surface area contributed by atoms with Gasteiger partial charge in [0.2, 0.25) is 0 Å². The third kappa shape index (κ3) is 1.66. The van der Waals surface area contributed by atoms with Gasteiger partial charge in [-0.15, -0.1) is 0 Å². The van der Waals surface area contributed by atoms with E-state index in [2.05, 4.69) is 12.2 Å². The van der Waals surface area contributed by atoms with Gasteiger partial charge in [0.25, 0.3) is 0 Å². The van der Waals surface area contributed by atoms with Crippen LogP contribution in [0.2, 0.25) is 0 Å². The minimum Gasteiger partial charge on any atom is -0.481 e. The van der Waals surface area contributed by atoms with Crippen LogP contribution in [0, 0.1) is 0 Å². The van der Waals surface area contributed by atoms with E-state index >= 15 is 0 Å². The molecule has 1 aliphatic heterocycles. The maximum atomic E-state index is 11.2. The fraction of sp³-hybridized carbons (Fsp3) is 0.462. The fourth-order valence-corrected chi connectivity index (χ4v) is 2.06. The van der Waals surface area contributed by atoms with Crippen molar-refractivity contribution in [1.82, 2.24) is 0 Å². The summed E-state index contributed by atoms with van der Waals surface area (Å²) in [6, 6.07) is 6.34. The molecule has 1 aromatic rings. The predicted molar refractivity (Wildman–Crippen MR) is 63.9 cm³/mol. The van der Waals surface area contributed by atoms with Gasteiger partial charge in [-0.05, 0) is 44.4 Å². The Labute approximate surface area is 95.5 Å². The average Bonchev–Trinajstić information content (AvgIpc) is 2.56. The molecule has 1 unspecified atom stereocenters. The molecule has 0 amide bonds. The molecule has 3 heteroatoms. The highest BCUT2D eigenvalue weighted by molar-refractivity contribution is 5.80. The van der Waals surface area contributed by atoms with Crippen molar-refractivity contribution in [3.8, 4) is 0 Å². The predicted octanol–water partition coefficient (Wildman–Crippen LogP) is 2.41. The standard InChI is InChI=1S/C13H17NO2/c1-8-6-9-7-10(4-5-11(9)14-8)13(2,3)12(15)16/h4-5,7-8,14H,6H2,1-3H3,(H,15,16). The van der Waals surface area contributed by atoms with Crippen molar-refractivity contribution >= 4 is 11.7 Å². The Morgan fingerprint density at radius 3 is 2.81 bits per heavy atom. The van der Waals surface area contributed by atoms with E-state index in [-0.39, 0.29) is 0 Å². The number of carboxylic acid groups (broad SMARTS) is 1. The van der Waals surface area contributed by atoms with Crippen LogP contribution >= 0.6 is 0 Å². The van der Waals surface area contributed by atoms with Gasteiger partial charge in [0, 0.05) is 11.7 Å². The molecule has 0 saturated carbocycles. The Bertz CT molecular complexity index is 438. The van der Waals surface area contributed by atoms with E-state index in [0.717, 1.165) is 17.7 Å². The molecule has 1 atom stereocenters. The molecule has 1 aromatic carbocycles. The molecule has 0 fully saturated rings. The number of hydrogen-bond donors (Lipinski definition) is 2. The van der Waals surface area contributed by atoms with Crippen LogP contribution in [0.25, 0.3) is 0 Å². The first kappa shape index (κ1) is 11.0. The molecule has 1 aliphatic rings. The summed E-state index contributed by atoms with van der Waals surface area (Å²) in [5.41, 5.74) is 2.41. The summed E-state index contributed by atoms with van der Waals surface area (Å²) in [6.45, 7) is 5.60. The van der Waals surface area contributed by atoms with Gasteiger partial charge >= 0.3 is 5.97 Å². The molecule has 0 radical (unpaired) electrons. The monoisotopic (exact) mass is 219 g/mol. The lowest BCUT2D eigenvalue weighted by Crippen LogP contribution is -2.28. The van der Waals surface area contributed by atoms with Crippen molar-refractivity contribution in [3.05, 3.63) is 29.3 Å². The second-order valence-electron chi connectivity index (χ2n) is 5.05. The number of nitrogens with one attached hydrogen (secondary N) is 1. The SMILES string of the molecule is CC1Cc2cc(C(C)(C)C(=O)O)ccc2N1. The van der Waals surface area contributed by atoms with Gasteiger partial charge in [0.1, 0.15) is 0 Å². The highest BCUT2D eigenvalue weighted by atomic mass is 16.4. The van der Waals surface area contributed by atoms with Crippen LogP contribution in [0.5, 0.6) is 0 Å². The molecule has 2 rings (SSSR count). The van der Waals surface area contributed by atoms with Crippen LogP contribution in [-0.4, -0.2) is 17.1 Å². The molecule has 16 heavy (non-hydrogen) atoms. The van der Waals surface area contributed by atoms with Crippen LogP contribution < -0.4 is 5.32 Å². The minimum absolute atomic E-state index is 0.443. The lowest BCUT2D eigenvalue weighted by Gasteiger charge is -2.20. The molecule has 0 aromatic heterocycles. The molecule has 1 heterocycles. The first-order valence-corrected chi connectivity index (χ1v) is 5.54. The van der Waals surface area contributed by atoms with E-state index < -0.39 is 11.4 Å². The Kier molecular flexibility index (Phi) is 2.41. The zero-order chi connectivity index (χ0) is 11.9. The quantitative estimate of drug-likeness (QED) is 0.803. The van der Waals surface area contributed by atoms with Gasteiger partial charge in [-0.25, -0.2) is 0 Å². The summed E-state index contributed by atoms with van der Waals surface area (Å²) in [5.74, 6) is -0.786. The summed E-state index contributed by atoms with van der Waals surface area (Å²) >= 11 is 0. The second-order valence-corrected chi connectivity index (χ2v) is 5.05. The van der Waals surface area contributed by atoms with Gasteiger partial charge in [0.15, 0.2) is 0 Å². The molecule has 3 nitrogen and oxygen atoms in total. The maximum absolute atomic E-state index is 11.2. The van der Waals surface area contributed by atoms with Crippen molar-refractivity contribution < 1.29 is 9.90 Å². The van der Waals surface area contributed by atoms with Crippen molar-refractivity contribution in [2.45, 2.75) is 38.6 Å². The van der Waals surface area contributed by atoms with Crippen LogP contribution in [0.1, 0.15) is 31.9 Å². The van der Waals surface area contributed by atoms with Crippen LogP contribution in [-0.2, 0) is 16.6 Å². The first-order valence-electron chi connectivity index (χ1n) is 5.54. The third-order valence-corrected chi connectivity index (χ3v) is 3.29. The van der Waals surface area contributed by atoms with Crippen molar-refractivity contribution in [1.29, 1.82) is 0 Å². The van der Waals surface area contributed by atoms with E-state index in [1.165, 1.54) is 5.56 Å². The largest absolute Gasteiger partial charge is 0.481 e. The molecule has 86 valence electrons. The highest BCUT2D eigenvalue weighted by Crippen LogP contribution is 2.31. The Morgan fingerprint density at radius 1 is 1.50 bits per heavy atom. The van der Waals surface area contributed by atoms with E-state index in [9.17, 15) is 9.90 Å². The maximum Gasteiger partial charge on any atom is 0.313 e. The van der Waals surface area contributed by atoms with Gasteiger partial charge in [-0.3, -0.25) is 4.79 Å². The van der Waals surface area contributed by atoms with Gasteiger partial charge in [-0.2, -0.15) is 0 Å². The van der Waals surface area contributed by atoms with E-state index in [1.54, 1.807) is 13.8 Å². The summed E-state index contributed by atoms with van der Waals surface area (Å²) in [7, 11) is 0. The smallest absolute Gasteiger partial charge is 0.313 e. The highest BCUT2D eigenvalue weighted by Gasteiger charge is 2.30. The van der Waals surface area contributed by atoms with Crippen molar-refractivity contribution in [2.75, 3.05) is 5.32 Å². The normalized spacial score (nSPS) is 19.1. The number of benzene rings is 1. The van der Waals surface area contributed by atoms with E-state index in [1.807, 2.05) is 18.2 Å². The molecule has 0 saturated heterocycles. The molecule has 2 N–H and O–H groups in total. The number of fused-ring (bicyclic) bond motifs is 1. The molecule has 0 bridgehead atoms. The summed E-state index contributed by atoms with van der Waals surface area (Å²) in [4.78, 5) is 11.2. The third-order valence-electron chi connectivity index (χ3n) is 3.29. The van der Waals surface area contributed by atoms with E-state index in [4.69, 9.17) is 0 Å². The molecular weight excluding hydrogens is 202 g/mol. The minimum atomic E-state index is -0.819. The van der Waals surface area contributed by atoms with Crippen molar-refractivity contribution in [3.63, 3.8) is 0 Å². The lowest BCUT2D eigenvalue weighted by atomic mass is 9.84. The zero-order valence-electron chi connectivity index (χ0n) is 9.87. The van der Waals surface area contributed by atoms with Gasteiger partial charge in [0.05, 0.1) is 5.41 Å². The fourth-order valence-electron chi connectivity index (χ4n) is 2.06. The lowest BCUT2D eigenvalue weighted by molar-refractivity contribution is -0.142. The summed E-state index contributed by atoms with van der Waals surface area (Å²) < 4.78 is 0. The number of aliphatic carboxylic acids is 1. The van der Waals surface area contributed by atoms with Crippen LogP contribution in [0.15, 0.2) is 18.2 Å². The topological polar surface area (TPSA) is 49.3 Å². The molecular formula is C13H17NO2.